The Bertz CT molecular complexity index is 762. The summed E-state index contributed by atoms with van der Waals surface area (Å²) in [4.78, 5) is 12.4. The number of rotatable bonds is 8. The van der Waals surface area contributed by atoms with Crippen molar-refractivity contribution in [2.24, 2.45) is 5.92 Å². The summed E-state index contributed by atoms with van der Waals surface area (Å²) in [6.45, 7) is 9.15. The van der Waals surface area contributed by atoms with Gasteiger partial charge in [0.25, 0.3) is 0 Å². The van der Waals surface area contributed by atoms with Gasteiger partial charge in [-0.2, -0.15) is 0 Å². The number of carbonyl (C=O) groups excluding carboxylic acids is 1. The molecule has 0 N–H and O–H groups in total. The summed E-state index contributed by atoms with van der Waals surface area (Å²) in [6, 6.07) is 4.24. The second kappa shape index (κ2) is 9.34. The lowest BCUT2D eigenvalue weighted by atomic mass is 9.68. The van der Waals surface area contributed by atoms with Crippen molar-refractivity contribution in [2.75, 3.05) is 13.7 Å². The number of ether oxygens (including phenoxy) is 3. The lowest BCUT2D eigenvalue weighted by Crippen LogP contribution is -2.45. The summed E-state index contributed by atoms with van der Waals surface area (Å²) in [5, 5.41) is 0. The largest absolute Gasteiger partial charge is 0.487 e. The highest BCUT2D eigenvalue weighted by Gasteiger charge is 2.45. The number of unbranched alkanes of at least 4 members (excludes halogenated alkanes) is 2. The van der Waals surface area contributed by atoms with Gasteiger partial charge in [0.05, 0.1) is 13.0 Å². The molecule has 1 heterocycles. The number of fused-ring (bicyclic) bond motifs is 3. The van der Waals surface area contributed by atoms with E-state index in [-0.39, 0.29) is 23.9 Å². The van der Waals surface area contributed by atoms with E-state index in [1.54, 1.807) is 7.11 Å². The van der Waals surface area contributed by atoms with Crippen LogP contribution in [0.1, 0.15) is 83.3 Å². The van der Waals surface area contributed by atoms with Gasteiger partial charge in [0, 0.05) is 24.5 Å². The molecular weight excluding hydrogens is 364 g/mol. The molecule has 1 aliphatic heterocycles. The van der Waals surface area contributed by atoms with Crippen molar-refractivity contribution in [1.29, 1.82) is 0 Å². The van der Waals surface area contributed by atoms with E-state index in [1.165, 1.54) is 24.0 Å². The monoisotopic (exact) mass is 400 g/mol. The molecule has 2 atom stereocenters. The summed E-state index contributed by atoms with van der Waals surface area (Å²) < 4.78 is 17.5. The van der Waals surface area contributed by atoms with Crippen LogP contribution in [0, 0.1) is 5.92 Å². The Balaban J connectivity index is 2.02. The molecule has 0 saturated heterocycles. The van der Waals surface area contributed by atoms with Crippen LogP contribution >= 0.6 is 0 Å². The number of hydrogen-bond acceptors (Lipinski definition) is 4. The van der Waals surface area contributed by atoms with Crippen molar-refractivity contribution in [1.82, 2.24) is 0 Å². The predicted octanol–water partition coefficient (Wildman–Crippen LogP) is 5.97. The fourth-order valence-corrected chi connectivity index (χ4v) is 4.73. The first-order valence-corrected chi connectivity index (χ1v) is 11.1. The molecule has 0 aromatic heterocycles. The Morgan fingerprint density at radius 1 is 1.28 bits per heavy atom. The molecule has 0 amide bonds. The average Bonchev–Trinajstić information content (AvgIpc) is 2.65. The fourth-order valence-electron chi connectivity index (χ4n) is 4.73. The number of esters is 1. The predicted molar refractivity (Wildman–Crippen MR) is 116 cm³/mol. The van der Waals surface area contributed by atoms with Crippen LogP contribution in [0.4, 0.5) is 0 Å². The number of allylic oxidation sites excluding steroid dienone is 2. The molecule has 0 bridgehead atoms. The molecule has 160 valence electrons. The highest BCUT2D eigenvalue weighted by molar-refractivity contribution is 5.74. The van der Waals surface area contributed by atoms with E-state index in [0.29, 0.717) is 18.3 Å². The van der Waals surface area contributed by atoms with Crippen molar-refractivity contribution in [2.45, 2.75) is 84.2 Å². The molecule has 0 radical (unpaired) electrons. The molecule has 4 nitrogen and oxygen atoms in total. The van der Waals surface area contributed by atoms with E-state index in [0.717, 1.165) is 37.0 Å². The maximum Gasteiger partial charge on any atom is 0.313 e. The lowest BCUT2D eigenvalue weighted by Gasteiger charge is -2.46. The van der Waals surface area contributed by atoms with Gasteiger partial charge in [-0.15, -0.1) is 0 Å². The number of carbonyl (C=O) groups is 1. The van der Waals surface area contributed by atoms with Crippen molar-refractivity contribution in [3.05, 3.63) is 34.9 Å². The van der Waals surface area contributed by atoms with E-state index in [2.05, 4.69) is 45.9 Å². The third-order valence-corrected chi connectivity index (χ3v) is 6.31. The number of hydrogen-bond donors (Lipinski definition) is 0. The second-order valence-corrected chi connectivity index (χ2v) is 9.07. The molecule has 3 rings (SSSR count). The zero-order valence-electron chi connectivity index (χ0n) is 18.7. The molecule has 4 heteroatoms. The van der Waals surface area contributed by atoms with Crippen molar-refractivity contribution < 1.29 is 19.0 Å². The van der Waals surface area contributed by atoms with Crippen LogP contribution in [-0.2, 0) is 16.0 Å². The molecule has 29 heavy (non-hydrogen) atoms. The van der Waals surface area contributed by atoms with Crippen LogP contribution in [0.5, 0.6) is 11.5 Å². The normalized spacial score (nSPS) is 22.2. The number of aryl methyl sites for hydroxylation is 1. The summed E-state index contributed by atoms with van der Waals surface area (Å²) in [5.74, 6) is 1.90. The highest BCUT2D eigenvalue weighted by Crippen LogP contribution is 2.53. The molecule has 1 aromatic carbocycles. The van der Waals surface area contributed by atoms with E-state index < -0.39 is 0 Å². The number of benzene rings is 1. The van der Waals surface area contributed by atoms with Crippen LogP contribution in [0.3, 0.4) is 0 Å². The Kier molecular flexibility index (Phi) is 7.05. The van der Waals surface area contributed by atoms with E-state index in [9.17, 15) is 4.79 Å². The van der Waals surface area contributed by atoms with Gasteiger partial charge in [-0.25, -0.2) is 0 Å². The van der Waals surface area contributed by atoms with Crippen LogP contribution < -0.4 is 9.47 Å². The van der Waals surface area contributed by atoms with Crippen LogP contribution in [0.25, 0.3) is 0 Å². The highest BCUT2D eigenvalue weighted by atomic mass is 16.5. The topological polar surface area (TPSA) is 44.8 Å². The third kappa shape index (κ3) is 5.03. The molecule has 1 aromatic rings. The first-order valence-electron chi connectivity index (χ1n) is 11.1. The second-order valence-electron chi connectivity index (χ2n) is 9.07. The molecule has 2 aliphatic rings. The van der Waals surface area contributed by atoms with Crippen molar-refractivity contribution in [3.63, 3.8) is 0 Å². The molecule has 1 aliphatic carbocycles. The Morgan fingerprint density at radius 3 is 2.79 bits per heavy atom. The minimum Gasteiger partial charge on any atom is -0.487 e. The standard InChI is InChI=1S/C25H36O4/c1-6-7-8-9-18-15-21(28-23(26)12-13-27-5)24-19-14-17(2)10-11-20(19)25(3,4)29-22(24)16-18/h14-16,19-20H,6-13H2,1-5H3. The minimum atomic E-state index is -0.252. The molecule has 2 unspecified atom stereocenters. The molecule has 0 fully saturated rings. The van der Waals surface area contributed by atoms with Gasteiger partial charge in [-0.3, -0.25) is 4.79 Å². The van der Waals surface area contributed by atoms with E-state index in [4.69, 9.17) is 14.2 Å². The SMILES string of the molecule is CCCCCc1cc(OC(=O)CCOC)c2c(c1)OC(C)(C)C1CCC(C)=CC21. The molecule has 0 spiro atoms. The Morgan fingerprint density at radius 2 is 2.07 bits per heavy atom. The zero-order valence-corrected chi connectivity index (χ0v) is 18.7. The summed E-state index contributed by atoms with van der Waals surface area (Å²) >= 11 is 0. The number of methoxy groups -OCH3 is 1. The van der Waals surface area contributed by atoms with Gasteiger partial charge in [0.1, 0.15) is 17.1 Å². The van der Waals surface area contributed by atoms with Crippen molar-refractivity contribution >= 4 is 5.97 Å². The molecular formula is C25H36O4. The maximum absolute atomic E-state index is 12.4. The Hall–Kier alpha value is -1.81. The van der Waals surface area contributed by atoms with Crippen molar-refractivity contribution in [3.8, 4) is 11.5 Å². The van der Waals surface area contributed by atoms with Crippen LogP contribution in [0.2, 0.25) is 0 Å². The molecule has 0 saturated carbocycles. The fraction of sp³-hybridized carbons (Fsp3) is 0.640. The Labute approximate surface area is 175 Å². The summed E-state index contributed by atoms with van der Waals surface area (Å²) in [5.41, 5.74) is 3.38. The van der Waals surface area contributed by atoms with Gasteiger partial charge >= 0.3 is 5.97 Å². The summed E-state index contributed by atoms with van der Waals surface area (Å²) in [7, 11) is 1.60. The third-order valence-electron chi connectivity index (χ3n) is 6.31. The summed E-state index contributed by atoms with van der Waals surface area (Å²) in [6.07, 6.45) is 9.27. The van der Waals surface area contributed by atoms with Crippen LogP contribution in [-0.4, -0.2) is 25.3 Å². The lowest BCUT2D eigenvalue weighted by molar-refractivity contribution is -0.135. The van der Waals surface area contributed by atoms with Gasteiger partial charge in [-0.05, 0) is 64.2 Å². The van der Waals surface area contributed by atoms with Gasteiger partial charge < -0.3 is 14.2 Å². The van der Waals surface area contributed by atoms with Gasteiger partial charge in [0.15, 0.2) is 0 Å². The average molecular weight is 401 g/mol. The maximum atomic E-state index is 12.4. The van der Waals surface area contributed by atoms with E-state index in [1.807, 2.05) is 0 Å². The first-order chi connectivity index (χ1) is 13.9. The van der Waals surface area contributed by atoms with E-state index >= 15 is 0 Å². The quantitative estimate of drug-likeness (QED) is 0.233. The zero-order chi connectivity index (χ0) is 21.0. The minimum absolute atomic E-state index is 0.220. The van der Waals surface area contributed by atoms with Gasteiger partial charge in [-0.1, -0.05) is 31.4 Å². The smallest absolute Gasteiger partial charge is 0.313 e. The first kappa shape index (κ1) is 21.9. The van der Waals surface area contributed by atoms with Gasteiger partial charge in [0.2, 0.25) is 0 Å². The van der Waals surface area contributed by atoms with Crippen LogP contribution in [0.15, 0.2) is 23.8 Å².